The van der Waals surface area contributed by atoms with Crippen LogP contribution in [0.15, 0.2) is 52.8 Å². The summed E-state index contributed by atoms with van der Waals surface area (Å²) in [4.78, 5) is 7.80. The van der Waals surface area contributed by atoms with Crippen LogP contribution in [0.3, 0.4) is 0 Å². The second-order valence-corrected chi connectivity index (χ2v) is 4.93. The molecule has 0 atom stereocenters. The number of nitrogens with two attached hydrogens (primary N) is 1. The molecular weight excluding hydrogens is 242 g/mol. The number of rotatable bonds is 4. The molecule has 2 N–H and O–H groups in total. The van der Waals surface area contributed by atoms with Gasteiger partial charge in [-0.1, -0.05) is 24.3 Å². The Hall–Kier alpha value is -1.81. The normalized spacial score (nSPS) is 11.5. The van der Waals surface area contributed by atoms with Gasteiger partial charge in [-0.25, -0.2) is 4.99 Å². The first kappa shape index (κ1) is 12.6. The maximum Gasteiger partial charge on any atom is 0.196 e. The van der Waals surface area contributed by atoms with Crippen molar-refractivity contribution in [2.24, 2.45) is 10.7 Å². The summed E-state index contributed by atoms with van der Waals surface area (Å²) < 4.78 is 0. The lowest BCUT2D eigenvalue weighted by Gasteiger charge is -2.20. The van der Waals surface area contributed by atoms with Crippen molar-refractivity contribution in [2.45, 2.75) is 13.5 Å². The van der Waals surface area contributed by atoms with Gasteiger partial charge in [-0.15, -0.1) is 11.3 Å². The molecule has 0 aliphatic rings. The number of hydrogen-bond acceptors (Lipinski definition) is 2. The molecule has 0 saturated heterocycles. The quantitative estimate of drug-likeness (QED) is 0.676. The summed E-state index contributed by atoms with van der Waals surface area (Å²) in [6.07, 6.45) is 0. The van der Waals surface area contributed by atoms with Gasteiger partial charge in [0.2, 0.25) is 0 Å². The highest BCUT2D eigenvalue weighted by atomic mass is 32.1. The molecule has 94 valence electrons. The average molecular weight is 259 g/mol. The van der Waals surface area contributed by atoms with Gasteiger partial charge in [0.25, 0.3) is 0 Å². The highest BCUT2D eigenvalue weighted by Crippen LogP contribution is 2.14. The van der Waals surface area contributed by atoms with Crippen molar-refractivity contribution in [3.8, 4) is 0 Å². The predicted octanol–water partition coefficient (Wildman–Crippen LogP) is 3.22. The van der Waals surface area contributed by atoms with Crippen LogP contribution in [0, 0.1) is 0 Å². The lowest BCUT2D eigenvalue weighted by atomic mass is 10.3. The Bertz CT molecular complexity index is 491. The van der Waals surface area contributed by atoms with Gasteiger partial charge in [0, 0.05) is 11.4 Å². The lowest BCUT2D eigenvalue weighted by Crippen LogP contribution is -2.36. The molecule has 0 aliphatic carbocycles. The van der Waals surface area contributed by atoms with E-state index in [2.05, 4.69) is 34.3 Å². The number of aliphatic imine (C=N–C) groups is 1. The molecule has 4 heteroatoms. The Morgan fingerprint density at radius 1 is 1.22 bits per heavy atom. The van der Waals surface area contributed by atoms with Gasteiger partial charge >= 0.3 is 0 Å². The van der Waals surface area contributed by atoms with Crippen LogP contribution in [0.5, 0.6) is 0 Å². The van der Waals surface area contributed by atoms with Gasteiger partial charge in [0.05, 0.1) is 12.2 Å². The van der Waals surface area contributed by atoms with Gasteiger partial charge < -0.3 is 10.6 Å². The van der Waals surface area contributed by atoms with Gasteiger partial charge in [-0.2, -0.15) is 0 Å². The van der Waals surface area contributed by atoms with E-state index in [9.17, 15) is 0 Å². The fraction of sp³-hybridized carbons (Fsp3) is 0.214. The fourth-order valence-corrected chi connectivity index (χ4v) is 2.37. The van der Waals surface area contributed by atoms with Crippen molar-refractivity contribution in [3.05, 3.63) is 52.7 Å². The molecule has 0 fully saturated rings. The van der Waals surface area contributed by atoms with Crippen LogP contribution in [0.2, 0.25) is 0 Å². The summed E-state index contributed by atoms with van der Waals surface area (Å²) in [6.45, 7) is 3.75. The molecule has 0 bridgehead atoms. The molecule has 0 aliphatic heterocycles. The Kier molecular flexibility index (Phi) is 4.36. The first-order chi connectivity index (χ1) is 8.79. The van der Waals surface area contributed by atoms with E-state index >= 15 is 0 Å². The molecule has 0 saturated carbocycles. The topological polar surface area (TPSA) is 41.6 Å². The third-order valence-electron chi connectivity index (χ3n) is 2.63. The molecule has 18 heavy (non-hydrogen) atoms. The van der Waals surface area contributed by atoms with E-state index < -0.39 is 0 Å². The number of hydrogen-bond donors (Lipinski definition) is 1. The number of para-hydroxylation sites is 1. The summed E-state index contributed by atoms with van der Waals surface area (Å²) in [5.74, 6) is 0.567. The Morgan fingerprint density at radius 3 is 2.61 bits per heavy atom. The second kappa shape index (κ2) is 6.21. The zero-order chi connectivity index (χ0) is 12.8. The summed E-state index contributed by atoms with van der Waals surface area (Å²) in [6, 6.07) is 14.0. The second-order valence-electron chi connectivity index (χ2n) is 3.90. The van der Waals surface area contributed by atoms with E-state index in [1.165, 1.54) is 4.88 Å². The molecule has 3 nitrogen and oxygen atoms in total. The minimum absolute atomic E-state index is 0.567. The number of nitrogens with zero attached hydrogens (tertiary/aromatic N) is 2. The zero-order valence-electron chi connectivity index (χ0n) is 10.4. The first-order valence-corrected chi connectivity index (χ1v) is 6.84. The van der Waals surface area contributed by atoms with Crippen LogP contribution in [-0.2, 0) is 6.54 Å². The molecule has 0 spiro atoms. The number of benzene rings is 1. The van der Waals surface area contributed by atoms with E-state index in [0.29, 0.717) is 5.96 Å². The minimum Gasteiger partial charge on any atom is -0.369 e. The van der Waals surface area contributed by atoms with E-state index in [1.54, 1.807) is 11.3 Å². The number of guanidine groups is 1. The fourth-order valence-electron chi connectivity index (χ4n) is 1.65. The highest BCUT2D eigenvalue weighted by molar-refractivity contribution is 7.09. The van der Waals surface area contributed by atoms with E-state index in [0.717, 1.165) is 18.8 Å². The monoisotopic (exact) mass is 259 g/mol. The van der Waals surface area contributed by atoms with E-state index in [4.69, 9.17) is 5.73 Å². The van der Waals surface area contributed by atoms with Gasteiger partial charge in [-0.05, 0) is 30.5 Å². The maximum absolute atomic E-state index is 6.06. The molecule has 1 heterocycles. The summed E-state index contributed by atoms with van der Waals surface area (Å²) in [7, 11) is 0. The van der Waals surface area contributed by atoms with Crippen molar-refractivity contribution in [1.29, 1.82) is 0 Å². The van der Waals surface area contributed by atoms with Gasteiger partial charge in [0.15, 0.2) is 5.96 Å². The standard InChI is InChI=1S/C14H17N3S/c1-2-17(11-13-9-6-10-18-13)14(15)16-12-7-4-3-5-8-12/h3-10H,2,11H2,1H3,(H2,15,16). The van der Waals surface area contributed by atoms with Gasteiger partial charge in [0.1, 0.15) is 0 Å². The molecule has 0 amide bonds. The van der Waals surface area contributed by atoms with E-state index in [1.807, 2.05) is 30.3 Å². The van der Waals surface area contributed by atoms with Crippen molar-refractivity contribution < 1.29 is 0 Å². The Labute approximate surface area is 112 Å². The lowest BCUT2D eigenvalue weighted by molar-refractivity contribution is 0.434. The smallest absolute Gasteiger partial charge is 0.196 e. The molecular formula is C14H17N3S. The van der Waals surface area contributed by atoms with Gasteiger partial charge in [-0.3, -0.25) is 0 Å². The SMILES string of the molecule is CCN(Cc1cccs1)C(N)=Nc1ccccc1. The third-order valence-corrected chi connectivity index (χ3v) is 3.49. The third kappa shape index (κ3) is 3.34. The summed E-state index contributed by atoms with van der Waals surface area (Å²) in [5.41, 5.74) is 6.95. The summed E-state index contributed by atoms with van der Waals surface area (Å²) >= 11 is 1.74. The minimum atomic E-state index is 0.567. The van der Waals surface area contributed by atoms with Crippen molar-refractivity contribution in [3.63, 3.8) is 0 Å². The molecule has 2 aromatic rings. The average Bonchev–Trinajstić information content (AvgIpc) is 2.90. The molecule has 0 unspecified atom stereocenters. The Morgan fingerprint density at radius 2 is 2.00 bits per heavy atom. The van der Waals surface area contributed by atoms with Crippen LogP contribution >= 0.6 is 11.3 Å². The predicted molar refractivity (Wildman–Crippen MR) is 78.1 cm³/mol. The molecule has 2 rings (SSSR count). The van der Waals surface area contributed by atoms with Crippen LogP contribution in [-0.4, -0.2) is 17.4 Å². The van der Waals surface area contributed by atoms with Crippen LogP contribution in [0.4, 0.5) is 5.69 Å². The van der Waals surface area contributed by atoms with Crippen LogP contribution in [0.1, 0.15) is 11.8 Å². The molecule has 1 aromatic carbocycles. The largest absolute Gasteiger partial charge is 0.369 e. The van der Waals surface area contributed by atoms with Crippen molar-refractivity contribution >= 4 is 23.0 Å². The number of thiophene rings is 1. The summed E-state index contributed by atoms with van der Waals surface area (Å²) in [5, 5.41) is 2.08. The van der Waals surface area contributed by atoms with Crippen molar-refractivity contribution in [2.75, 3.05) is 6.54 Å². The zero-order valence-corrected chi connectivity index (χ0v) is 11.2. The van der Waals surface area contributed by atoms with Crippen LogP contribution in [0.25, 0.3) is 0 Å². The first-order valence-electron chi connectivity index (χ1n) is 5.96. The van der Waals surface area contributed by atoms with Crippen LogP contribution < -0.4 is 5.73 Å². The van der Waals surface area contributed by atoms with Crippen molar-refractivity contribution in [1.82, 2.24) is 4.90 Å². The highest BCUT2D eigenvalue weighted by Gasteiger charge is 2.07. The molecule has 1 aromatic heterocycles. The molecule has 0 radical (unpaired) electrons. The Balaban J connectivity index is 2.10. The maximum atomic E-state index is 6.06. The van der Waals surface area contributed by atoms with E-state index in [-0.39, 0.29) is 0 Å².